The van der Waals surface area contributed by atoms with Crippen molar-refractivity contribution in [2.24, 2.45) is 0 Å². The number of benzene rings is 2. The monoisotopic (exact) mass is 330 g/mol. The zero-order valence-corrected chi connectivity index (χ0v) is 13.0. The van der Waals surface area contributed by atoms with E-state index in [1.807, 2.05) is 0 Å². The lowest BCUT2D eigenvalue weighted by atomic mass is 10.0. The number of aliphatic hydroxyl groups excluding tert-OH is 1. The standard InChI is InChI=1S/C15H13Cl3O2/c1-20-15-6-5-9(16)7-11(15)14(19)8-10-12(17)3-2-4-13(10)18/h2-7,14,19H,8H2,1H3. The van der Waals surface area contributed by atoms with Crippen LogP contribution < -0.4 is 4.74 Å². The molecule has 2 nitrogen and oxygen atoms in total. The maximum atomic E-state index is 10.4. The number of ether oxygens (including phenoxy) is 1. The Morgan fingerprint density at radius 1 is 1.10 bits per heavy atom. The van der Waals surface area contributed by atoms with E-state index in [4.69, 9.17) is 39.5 Å². The summed E-state index contributed by atoms with van der Waals surface area (Å²) in [5, 5.41) is 12.0. The molecule has 2 aromatic rings. The summed E-state index contributed by atoms with van der Waals surface area (Å²) in [7, 11) is 1.54. The van der Waals surface area contributed by atoms with Gasteiger partial charge < -0.3 is 9.84 Å². The molecule has 0 aliphatic carbocycles. The Morgan fingerprint density at radius 2 is 1.75 bits per heavy atom. The van der Waals surface area contributed by atoms with Crippen molar-refractivity contribution in [2.75, 3.05) is 7.11 Å². The van der Waals surface area contributed by atoms with Crippen molar-refractivity contribution in [1.82, 2.24) is 0 Å². The Kier molecular flexibility index (Phi) is 5.17. The highest BCUT2D eigenvalue weighted by Gasteiger charge is 2.17. The molecule has 0 fully saturated rings. The highest BCUT2D eigenvalue weighted by Crippen LogP contribution is 2.33. The highest BCUT2D eigenvalue weighted by atomic mass is 35.5. The number of methoxy groups -OCH3 is 1. The minimum absolute atomic E-state index is 0.287. The lowest BCUT2D eigenvalue weighted by Gasteiger charge is -2.16. The summed E-state index contributed by atoms with van der Waals surface area (Å²) in [6.45, 7) is 0. The van der Waals surface area contributed by atoms with E-state index in [0.29, 0.717) is 31.9 Å². The van der Waals surface area contributed by atoms with Gasteiger partial charge in [-0.25, -0.2) is 0 Å². The molecule has 5 heteroatoms. The van der Waals surface area contributed by atoms with Crippen molar-refractivity contribution < 1.29 is 9.84 Å². The summed E-state index contributed by atoms with van der Waals surface area (Å²) >= 11 is 18.2. The van der Waals surface area contributed by atoms with Crippen LogP contribution in [0.25, 0.3) is 0 Å². The smallest absolute Gasteiger partial charge is 0.124 e. The van der Waals surface area contributed by atoms with Crippen molar-refractivity contribution >= 4 is 34.8 Å². The summed E-state index contributed by atoms with van der Waals surface area (Å²) in [6, 6.07) is 10.3. The number of halogens is 3. The molecule has 0 radical (unpaired) electrons. The third-order valence-electron chi connectivity index (χ3n) is 3.01. The van der Waals surface area contributed by atoms with Crippen LogP contribution in [0.15, 0.2) is 36.4 Å². The predicted molar refractivity (Wildman–Crippen MR) is 83.1 cm³/mol. The van der Waals surface area contributed by atoms with Crippen molar-refractivity contribution in [3.8, 4) is 5.75 Å². The van der Waals surface area contributed by atoms with Crippen LogP contribution in [0.5, 0.6) is 5.75 Å². The zero-order valence-electron chi connectivity index (χ0n) is 10.7. The fraction of sp³-hybridized carbons (Fsp3) is 0.200. The van der Waals surface area contributed by atoms with Crippen LogP contribution in [0.4, 0.5) is 0 Å². The van der Waals surface area contributed by atoms with Crippen LogP contribution in [-0.4, -0.2) is 12.2 Å². The quantitative estimate of drug-likeness (QED) is 0.860. The van der Waals surface area contributed by atoms with E-state index in [9.17, 15) is 5.11 Å². The van der Waals surface area contributed by atoms with Crippen LogP contribution in [0, 0.1) is 0 Å². The molecule has 0 amide bonds. The molecule has 0 spiro atoms. The second-order valence-electron chi connectivity index (χ2n) is 4.31. The molecule has 2 rings (SSSR count). The Labute approximate surface area is 132 Å². The lowest BCUT2D eigenvalue weighted by Crippen LogP contribution is -2.05. The van der Waals surface area contributed by atoms with E-state index < -0.39 is 6.10 Å². The topological polar surface area (TPSA) is 29.5 Å². The van der Waals surface area contributed by atoms with Crippen molar-refractivity contribution in [2.45, 2.75) is 12.5 Å². The number of rotatable bonds is 4. The second kappa shape index (κ2) is 6.68. The average Bonchev–Trinajstić information content (AvgIpc) is 2.43. The van der Waals surface area contributed by atoms with Crippen LogP contribution in [0.1, 0.15) is 17.2 Å². The molecule has 0 aliphatic heterocycles. The molecule has 1 N–H and O–H groups in total. The maximum Gasteiger partial charge on any atom is 0.124 e. The molecular weight excluding hydrogens is 319 g/mol. The fourth-order valence-electron chi connectivity index (χ4n) is 2.00. The molecular formula is C15H13Cl3O2. The van der Waals surface area contributed by atoms with Gasteiger partial charge in [0.1, 0.15) is 5.75 Å². The van der Waals surface area contributed by atoms with Gasteiger partial charge in [-0.2, -0.15) is 0 Å². The average molecular weight is 332 g/mol. The fourth-order valence-corrected chi connectivity index (χ4v) is 2.73. The third-order valence-corrected chi connectivity index (χ3v) is 3.95. The molecule has 0 aliphatic rings. The SMILES string of the molecule is COc1ccc(Cl)cc1C(O)Cc1c(Cl)cccc1Cl. The molecule has 1 atom stereocenters. The van der Waals surface area contributed by atoms with Crippen LogP contribution >= 0.6 is 34.8 Å². The van der Waals surface area contributed by atoms with Gasteiger partial charge in [0.05, 0.1) is 13.2 Å². The Morgan fingerprint density at radius 3 is 2.35 bits per heavy atom. The zero-order chi connectivity index (χ0) is 14.7. The van der Waals surface area contributed by atoms with Gasteiger partial charge >= 0.3 is 0 Å². The molecule has 0 saturated carbocycles. The Bertz CT molecular complexity index is 594. The van der Waals surface area contributed by atoms with Crippen molar-refractivity contribution in [3.63, 3.8) is 0 Å². The van der Waals surface area contributed by atoms with Crippen molar-refractivity contribution in [1.29, 1.82) is 0 Å². The van der Waals surface area contributed by atoms with E-state index in [1.165, 1.54) is 0 Å². The first kappa shape index (κ1) is 15.5. The summed E-state index contributed by atoms with van der Waals surface area (Å²) in [5.74, 6) is 0.574. The summed E-state index contributed by atoms with van der Waals surface area (Å²) < 4.78 is 5.24. The first-order valence-electron chi connectivity index (χ1n) is 5.97. The van der Waals surface area contributed by atoms with Gasteiger partial charge in [-0.05, 0) is 35.9 Å². The van der Waals surface area contributed by atoms with Crippen molar-refractivity contribution in [3.05, 3.63) is 62.6 Å². The molecule has 20 heavy (non-hydrogen) atoms. The van der Waals surface area contributed by atoms with Crippen LogP contribution in [0.2, 0.25) is 15.1 Å². The van der Waals surface area contributed by atoms with Crippen LogP contribution in [-0.2, 0) is 6.42 Å². The van der Waals surface area contributed by atoms with Gasteiger partial charge in [-0.1, -0.05) is 40.9 Å². The molecule has 1 unspecified atom stereocenters. The largest absolute Gasteiger partial charge is 0.496 e. The molecule has 0 bridgehead atoms. The van der Waals surface area contributed by atoms with Crippen LogP contribution in [0.3, 0.4) is 0 Å². The minimum atomic E-state index is -0.805. The predicted octanol–water partition coefficient (Wildman–Crippen LogP) is 4.93. The number of aliphatic hydroxyl groups is 1. The van der Waals surface area contributed by atoms with Gasteiger partial charge in [-0.15, -0.1) is 0 Å². The van der Waals surface area contributed by atoms with Gasteiger partial charge in [0.25, 0.3) is 0 Å². The highest BCUT2D eigenvalue weighted by molar-refractivity contribution is 6.36. The van der Waals surface area contributed by atoms with Gasteiger partial charge in [0.2, 0.25) is 0 Å². The van der Waals surface area contributed by atoms with Gasteiger partial charge in [0, 0.05) is 27.1 Å². The second-order valence-corrected chi connectivity index (χ2v) is 5.56. The molecule has 0 saturated heterocycles. The number of hydrogen-bond acceptors (Lipinski definition) is 2. The summed E-state index contributed by atoms with van der Waals surface area (Å²) in [4.78, 5) is 0. The molecule has 106 valence electrons. The van der Waals surface area contributed by atoms with E-state index in [1.54, 1.807) is 43.5 Å². The summed E-state index contributed by atoms with van der Waals surface area (Å²) in [5.41, 5.74) is 1.31. The van der Waals surface area contributed by atoms with Gasteiger partial charge in [0.15, 0.2) is 0 Å². The summed E-state index contributed by atoms with van der Waals surface area (Å²) in [6.07, 6.45) is -0.518. The normalized spacial score (nSPS) is 12.2. The maximum absolute atomic E-state index is 10.4. The first-order chi connectivity index (χ1) is 9.52. The van der Waals surface area contributed by atoms with Gasteiger partial charge in [-0.3, -0.25) is 0 Å². The minimum Gasteiger partial charge on any atom is -0.496 e. The Balaban J connectivity index is 2.33. The van der Waals surface area contributed by atoms with E-state index in [-0.39, 0.29) is 6.42 Å². The molecule has 0 aromatic heterocycles. The number of hydrogen-bond donors (Lipinski definition) is 1. The first-order valence-corrected chi connectivity index (χ1v) is 7.10. The van der Waals surface area contributed by atoms with E-state index in [0.717, 1.165) is 0 Å². The Hall–Kier alpha value is -0.930. The van der Waals surface area contributed by atoms with E-state index >= 15 is 0 Å². The van der Waals surface area contributed by atoms with E-state index in [2.05, 4.69) is 0 Å². The lowest BCUT2D eigenvalue weighted by molar-refractivity contribution is 0.174. The molecule has 0 heterocycles. The molecule has 2 aromatic carbocycles. The third kappa shape index (κ3) is 3.39.